The molecule has 0 saturated heterocycles. The molecular formula is C25H34BrN3O5S. The van der Waals surface area contributed by atoms with Gasteiger partial charge in [0, 0.05) is 16.6 Å². The van der Waals surface area contributed by atoms with Crippen LogP contribution in [0, 0.1) is 0 Å². The van der Waals surface area contributed by atoms with Crippen molar-refractivity contribution in [3.05, 3.63) is 58.6 Å². The lowest BCUT2D eigenvalue weighted by Crippen LogP contribution is -2.54. The normalized spacial score (nSPS) is 12.5. The summed E-state index contributed by atoms with van der Waals surface area (Å²) >= 11 is 3.43. The lowest BCUT2D eigenvalue weighted by atomic mass is 10.1. The minimum Gasteiger partial charge on any atom is -0.492 e. The molecule has 0 spiro atoms. The van der Waals surface area contributed by atoms with E-state index in [2.05, 4.69) is 21.2 Å². The van der Waals surface area contributed by atoms with Gasteiger partial charge in [-0.2, -0.15) is 0 Å². The Bertz CT molecular complexity index is 1150. The number of para-hydroxylation sites is 2. The van der Waals surface area contributed by atoms with Crippen LogP contribution in [0.5, 0.6) is 5.75 Å². The topological polar surface area (TPSA) is 96.0 Å². The Hall–Kier alpha value is -2.59. The summed E-state index contributed by atoms with van der Waals surface area (Å²) in [5.41, 5.74) is 0.563. The predicted molar refractivity (Wildman–Crippen MR) is 142 cm³/mol. The molecule has 2 aromatic carbocycles. The van der Waals surface area contributed by atoms with Crippen LogP contribution in [0.3, 0.4) is 0 Å². The average molecular weight is 569 g/mol. The molecule has 10 heteroatoms. The summed E-state index contributed by atoms with van der Waals surface area (Å²) in [7, 11) is -3.84. The monoisotopic (exact) mass is 567 g/mol. The van der Waals surface area contributed by atoms with E-state index >= 15 is 0 Å². The van der Waals surface area contributed by atoms with Gasteiger partial charge in [0.2, 0.25) is 21.8 Å². The van der Waals surface area contributed by atoms with Gasteiger partial charge in [0.15, 0.2) is 0 Å². The van der Waals surface area contributed by atoms with Crippen molar-refractivity contribution in [2.45, 2.75) is 52.7 Å². The van der Waals surface area contributed by atoms with Gasteiger partial charge in [0.1, 0.15) is 18.3 Å². The Morgan fingerprint density at radius 2 is 1.77 bits per heavy atom. The second-order valence-electron chi connectivity index (χ2n) is 9.24. The fourth-order valence-electron chi connectivity index (χ4n) is 3.42. The van der Waals surface area contributed by atoms with Gasteiger partial charge in [-0.15, -0.1) is 0 Å². The van der Waals surface area contributed by atoms with Crippen LogP contribution >= 0.6 is 15.9 Å². The molecule has 0 aromatic heterocycles. The van der Waals surface area contributed by atoms with Crippen LogP contribution in [0.15, 0.2) is 53.0 Å². The highest BCUT2D eigenvalue weighted by molar-refractivity contribution is 9.10. The number of hydrogen-bond donors (Lipinski definition) is 1. The third-order valence-corrected chi connectivity index (χ3v) is 6.64. The van der Waals surface area contributed by atoms with Gasteiger partial charge in [0.25, 0.3) is 0 Å². The van der Waals surface area contributed by atoms with E-state index in [4.69, 9.17) is 4.74 Å². The Kier molecular flexibility index (Phi) is 9.74. The minimum absolute atomic E-state index is 0.127. The number of amides is 2. The number of benzene rings is 2. The maximum Gasteiger partial charge on any atom is 0.244 e. The number of nitrogens with one attached hydrogen (secondary N) is 1. The molecule has 192 valence electrons. The van der Waals surface area contributed by atoms with Crippen LogP contribution in [-0.4, -0.2) is 56.1 Å². The molecule has 1 N–H and O–H groups in total. The zero-order valence-electron chi connectivity index (χ0n) is 21.0. The number of anilines is 1. The second-order valence-corrected chi connectivity index (χ2v) is 12.1. The van der Waals surface area contributed by atoms with E-state index in [0.29, 0.717) is 12.4 Å². The van der Waals surface area contributed by atoms with Crippen molar-refractivity contribution in [3.8, 4) is 5.75 Å². The van der Waals surface area contributed by atoms with Gasteiger partial charge in [-0.1, -0.05) is 40.2 Å². The molecule has 1 atom stereocenters. The Balaban J connectivity index is 2.45. The first-order valence-electron chi connectivity index (χ1n) is 11.3. The van der Waals surface area contributed by atoms with Gasteiger partial charge < -0.3 is 15.0 Å². The van der Waals surface area contributed by atoms with E-state index in [1.807, 2.05) is 45.0 Å². The molecular weight excluding hydrogens is 534 g/mol. The molecule has 2 aromatic rings. The van der Waals surface area contributed by atoms with Crippen LogP contribution in [-0.2, 0) is 26.2 Å². The third kappa shape index (κ3) is 8.54. The first-order valence-corrected chi connectivity index (χ1v) is 13.9. The first-order chi connectivity index (χ1) is 16.2. The second kappa shape index (κ2) is 11.9. The van der Waals surface area contributed by atoms with Crippen molar-refractivity contribution in [1.82, 2.24) is 10.2 Å². The largest absolute Gasteiger partial charge is 0.492 e. The van der Waals surface area contributed by atoms with Crippen LogP contribution in [0.1, 0.15) is 40.2 Å². The van der Waals surface area contributed by atoms with Crippen molar-refractivity contribution >= 4 is 43.5 Å². The fraction of sp³-hybridized carbons (Fsp3) is 0.440. The summed E-state index contributed by atoms with van der Waals surface area (Å²) in [4.78, 5) is 28.0. The van der Waals surface area contributed by atoms with Crippen molar-refractivity contribution < 1.29 is 22.7 Å². The molecule has 0 fully saturated rings. The highest BCUT2D eigenvalue weighted by Crippen LogP contribution is 2.30. The van der Waals surface area contributed by atoms with E-state index in [1.165, 1.54) is 4.90 Å². The molecule has 2 rings (SSSR count). The summed E-state index contributed by atoms with van der Waals surface area (Å²) in [6, 6.07) is 13.2. The lowest BCUT2D eigenvalue weighted by Gasteiger charge is -2.33. The van der Waals surface area contributed by atoms with Crippen LogP contribution in [0.25, 0.3) is 0 Å². The number of ether oxygens (including phenoxy) is 1. The summed E-state index contributed by atoms with van der Waals surface area (Å²) in [6.45, 7) is 8.97. The van der Waals surface area contributed by atoms with Crippen LogP contribution in [0.4, 0.5) is 5.69 Å². The van der Waals surface area contributed by atoms with Gasteiger partial charge in [-0.25, -0.2) is 8.42 Å². The summed E-state index contributed by atoms with van der Waals surface area (Å²) in [5.74, 6) is -0.495. The van der Waals surface area contributed by atoms with Gasteiger partial charge in [-0.05, 0) is 64.4 Å². The predicted octanol–water partition coefficient (Wildman–Crippen LogP) is 3.95. The van der Waals surface area contributed by atoms with Crippen LogP contribution < -0.4 is 14.4 Å². The quantitative estimate of drug-likeness (QED) is 0.469. The van der Waals surface area contributed by atoms with Crippen molar-refractivity contribution in [1.29, 1.82) is 0 Å². The molecule has 2 amide bonds. The summed E-state index contributed by atoms with van der Waals surface area (Å²) < 4.78 is 33.0. The standard InChI is InChI=1S/C25H34BrN3O5S/c1-7-34-22-14-9-8-13-21(22)29(35(6,32)33)17-23(30)28(16-19-11-10-12-20(26)15-19)18(2)24(31)27-25(3,4)5/h8-15,18H,7,16-17H2,1-6H3,(H,27,31)/t18-/m0/s1. The van der Waals surface area contributed by atoms with Gasteiger partial charge in [0.05, 0.1) is 18.6 Å². The molecule has 0 saturated carbocycles. The number of carbonyl (C=O) groups is 2. The summed E-state index contributed by atoms with van der Waals surface area (Å²) in [5, 5.41) is 2.90. The van der Waals surface area contributed by atoms with Crippen LogP contribution in [0.2, 0.25) is 0 Å². The number of hydrogen-bond acceptors (Lipinski definition) is 5. The van der Waals surface area contributed by atoms with Crippen molar-refractivity contribution in [2.24, 2.45) is 0 Å². The molecule has 0 aliphatic rings. The fourth-order valence-corrected chi connectivity index (χ4v) is 4.72. The molecule has 0 aliphatic heterocycles. The lowest BCUT2D eigenvalue weighted by molar-refractivity contribution is -0.140. The smallest absolute Gasteiger partial charge is 0.244 e. The number of nitrogens with zero attached hydrogens (tertiary/aromatic N) is 2. The average Bonchev–Trinajstić information content (AvgIpc) is 2.74. The van der Waals surface area contributed by atoms with E-state index < -0.39 is 34.1 Å². The number of rotatable bonds is 10. The maximum absolute atomic E-state index is 13.6. The van der Waals surface area contributed by atoms with E-state index in [0.717, 1.165) is 20.6 Å². The molecule has 0 aliphatic carbocycles. The van der Waals surface area contributed by atoms with E-state index in [-0.39, 0.29) is 18.1 Å². The highest BCUT2D eigenvalue weighted by Gasteiger charge is 2.32. The third-order valence-electron chi connectivity index (χ3n) is 5.02. The zero-order chi connectivity index (χ0) is 26.4. The molecule has 0 heterocycles. The van der Waals surface area contributed by atoms with E-state index in [1.54, 1.807) is 38.1 Å². The Morgan fingerprint density at radius 1 is 1.11 bits per heavy atom. The molecule has 35 heavy (non-hydrogen) atoms. The van der Waals surface area contributed by atoms with Gasteiger partial charge >= 0.3 is 0 Å². The number of sulfonamides is 1. The van der Waals surface area contributed by atoms with Crippen molar-refractivity contribution in [2.75, 3.05) is 23.7 Å². The number of halogens is 1. The molecule has 8 nitrogen and oxygen atoms in total. The SMILES string of the molecule is CCOc1ccccc1N(CC(=O)N(Cc1cccc(Br)c1)[C@@H](C)C(=O)NC(C)(C)C)S(C)(=O)=O. The van der Waals surface area contributed by atoms with E-state index in [9.17, 15) is 18.0 Å². The van der Waals surface area contributed by atoms with Crippen molar-refractivity contribution in [3.63, 3.8) is 0 Å². The molecule has 0 radical (unpaired) electrons. The minimum atomic E-state index is -3.84. The summed E-state index contributed by atoms with van der Waals surface area (Å²) in [6.07, 6.45) is 1.04. The molecule has 0 bridgehead atoms. The number of carbonyl (C=O) groups excluding carboxylic acids is 2. The first kappa shape index (κ1) is 28.6. The Labute approximate surface area is 216 Å². The maximum atomic E-state index is 13.6. The zero-order valence-corrected chi connectivity index (χ0v) is 23.4. The van der Waals surface area contributed by atoms with Gasteiger partial charge in [-0.3, -0.25) is 13.9 Å². The highest BCUT2D eigenvalue weighted by atomic mass is 79.9. The Morgan fingerprint density at radius 3 is 2.34 bits per heavy atom. The molecule has 0 unspecified atom stereocenters.